The predicted octanol–water partition coefficient (Wildman–Crippen LogP) is 1.08. The van der Waals surface area contributed by atoms with Crippen LogP contribution in [0.1, 0.15) is 6.42 Å². The van der Waals surface area contributed by atoms with Crippen LogP contribution in [0.4, 0.5) is 5.95 Å². The topological polar surface area (TPSA) is 41.1 Å². The molecule has 0 aromatic carbocycles. The van der Waals surface area contributed by atoms with Gasteiger partial charge in [-0.05, 0) is 18.2 Å². The van der Waals surface area contributed by atoms with Gasteiger partial charge in [0.2, 0.25) is 5.95 Å². The second-order valence-electron chi connectivity index (χ2n) is 4.38. The van der Waals surface area contributed by atoms with Crippen molar-refractivity contribution in [2.45, 2.75) is 18.5 Å². The molecule has 1 unspecified atom stereocenters. The van der Waals surface area contributed by atoms with Crippen molar-refractivity contribution in [1.82, 2.24) is 14.9 Å². The van der Waals surface area contributed by atoms with Gasteiger partial charge in [-0.2, -0.15) is 11.8 Å². The van der Waals surface area contributed by atoms with Crippen LogP contribution in [0.15, 0.2) is 18.5 Å². The smallest absolute Gasteiger partial charge is 0.222 e. The lowest BCUT2D eigenvalue weighted by molar-refractivity contribution is 0.115. The summed E-state index contributed by atoms with van der Waals surface area (Å²) in [5, 5.41) is 3.36. The molecule has 2 fully saturated rings. The van der Waals surface area contributed by atoms with E-state index in [1.165, 1.54) is 17.9 Å². The Morgan fingerprint density at radius 1 is 1.31 bits per heavy atom. The third kappa shape index (κ3) is 2.15. The van der Waals surface area contributed by atoms with E-state index in [0.717, 1.165) is 25.1 Å². The van der Waals surface area contributed by atoms with E-state index in [9.17, 15) is 0 Å². The average Bonchev–Trinajstić information content (AvgIpc) is 2.77. The fourth-order valence-electron chi connectivity index (χ4n) is 2.27. The highest BCUT2D eigenvalue weighted by atomic mass is 32.2. The molecule has 0 spiro atoms. The largest absolute Gasteiger partial charge is 0.349 e. The summed E-state index contributed by atoms with van der Waals surface area (Å²) in [6.45, 7) is 2.28. The third-order valence-corrected chi connectivity index (χ3v) is 4.38. The summed E-state index contributed by atoms with van der Waals surface area (Å²) in [4.78, 5) is 10.9. The van der Waals surface area contributed by atoms with Crippen molar-refractivity contribution in [2.24, 2.45) is 0 Å². The van der Waals surface area contributed by atoms with E-state index in [2.05, 4.69) is 31.9 Å². The van der Waals surface area contributed by atoms with E-state index in [-0.39, 0.29) is 0 Å². The molecule has 1 aromatic rings. The maximum atomic E-state index is 4.18. The molecule has 1 aromatic heterocycles. The zero-order valence-electron chi connectivity index (χ0n) is 9.17. The van der Waals surface area contributed by atoms with Gasteiger partial charge in [0.25, 0.3) is 0 Å². The summed E-state index contributed by atoms with van der Waals surface area (Å²) in [6.07, 6.45) is 4.91. The summed E-state index contributed by atoms with van der Waals surface area (Å²) in [7, 11) is 0. The minimum atomic E-state index is 0.535. The predicted molar refractivity (Wildman–Crippen MR) is 66.7 cm³/mol. The minimum absolute atomic E-state index is 0.535. The van der Waals surface area contributed by atoms with Gasteiger partial charge in [0.1, 0.15) is 0 Å². The van der Waals surface area contributed by atoms with E-state index < -0.39 is 0 Å². The van der Waals surface area contributed by atoms with Gasteiger partial charge in [-0.1, -0.05) is 0 Å². The summed E-state index contributed by atoms with van der Waals surface area (Å²) in [5.74, 6) is 3.41. The molecule has 3 rings (SSSR count). The quantitative estimate of drug-likeness (QED) is 0.850. The molecular weight excluding hydrogens is 220 g/mol. The Morgan fingerprint density at radius 2 is 2.12 bits per heavy atom. The van der Waals surface area contributed by atoms with Gasteiger partial charge in [0.15, 0.2) is 0 Å². The summed E-state index contributed by atoms with van der Waals surface area (Å²) < 4.78 is 0. The molecule has 86 valence electrons. The molecule has 0 amide bonds. The van der Waals surface area contributed by atoms with Gasteiger partial charge >= 0.3 is 0 Å². The molecule has 16 heavy (non-hydrogen) atoms. The summed E-state index contributed by atoms with van der Waals surface area (Å²) >= 11 is 2.08. The molecule has 0 radical (unpaired) electrons. The molecule has 2 saturated heterocycles. The molecule has 1 N–H and O–H groups in total. The number of likely N-dealkylation sites (tertiary alicyclic amines) is 1. The molecule has 4 nitrogen and oxygen atoms in total. The Bertz CT molecular complexity index is 333. The molecule has 3 heterocycles. The van der Waals surface area contributed by atoms with Crippen LogP contribution in [0, 0.1) is 0 Å². The van der Waals surface area contributed by atoms with Crippen LogP contribution >= 0.6 is 11.8 Å². The SMILES string of the molecule is c1cnc(NC2CN(C3CCSC3)C2)nc1. The van der Waals surface area contributed by atoms with Gasteiger partial charge in [-0.15, -0.1) is 0 Å². The molecule has 0 saturated carbocycles. The number of anilines is 1. The summed E-state index contributed by atoms with van der Waals surface area (Å²) in [5.41, 5.74) is 0. The Morgan fingerprint density at radius 3 is 2.81 bits per heavy atom. The van der Waals surface area contributed by atoms with Crippen LogP contribution in [0.25, 0.3) is 0 Å². The number of hydrogen-bond donors (Lipinski definition) is 1. The molecule has 5 heteroatoms. The Labute approximate surface area is 99.8 Å². The van der Waals surface area contributed by atoms with E-state index in [0.29, 0.717) is 6.04 Å². The summed E-state index contributed by atoms with van der Waals surface area (Å²) in [6, 6.07) is 3.20. The van der Waals surface area contributed by atoms with Crippen LogP contribution in [0.2, 0.25) is 0 Å². The van der Waals surface area contributed by atoms with Crippen molar-refractivity contribution in [3.63, 3.8) is 0 Å². The Hall–Kier alpha value is -0.810. The Balaban J connectivity index is 1.47. The second kappa shape index (κ2) is 4.59. The van der Waals surface area contributed by atoms with E-state index >= 15 is 0 Å². The number of nitrogens with zero attached hydrogens (tertiary/aromatic N) is 3. The van der Waals surface area contributed by atoms with Crippen molar-refractivity contribution in [3.8, 4) is 0 Å². The highest BCUT2D eigenvalue weighted by molar-refractivity contribution is 7.99. The molecule has 1 atom stereocenters. The van der Waals surface area contributed by atoms with Gasteiger partial charge in [-0.25, -0.2) is 9.97 Å². The maximum Gasteiger partial charge on any atom is 0.222 e. The fraction of sp³-hybridized carbons (Fsp3) is 0.636. The molecule has 0 bridgehead atoms. The first-order valence-electron chi connectivity index (χ1n) is 5.77. The van der Waals surface area contributed by atoms with E-state index in [4.69, 9.17) is 0 Å². The van der Waals surface area contributed by atoms with Crippen molar-refractivity contribution >= 4 is 17.7 Å². The van der Waals surface area contributed by atoms with Crippen LogP contribution in [0.3, 0.4) is 0 Å². The van der Waals surface area contributed by atoms with Crippen LogP contribution in [-0.4, -0.2) is 51.5 Å². The minimum Gasteiger partial charge on any atom is -0.349 e. The number of hydrogen-bond acceptors (Lipinski definition) is 5. The van der Waals surface area contributed by atoms with Crippen LogP contribution in [0.5, 0.6) is 0 Å². The van der Waals surface area contributed by atoms with Crippen molar-refractivity contribution in [2.75, 3.05) is 29.9 Å². The Kier molecular flexibility index (Phi) is 2.97. The number of aromatic nitrogens is 2. The van der Waals surface area contributed by atoms with Crippen LogP contribution in [-0.2, 0) is 0 Å². The standard InChI is InChI=1S/C11H16N4S/c1-3-12-11(13-4-1)14-9-6-15(7-9)10-2-5-16-8-10/h1,3-4,9-10H,2,5-8H2,(H,12,13,14). The van der Waals surface area contributed by atoms with E-state index in [1.54, 1.807) is 12.4 Å². The van der Waals surface area contributed by atoms with Crippen molar-refractivity contribution in [1.29, 1.82) is 0 Å². The van der Waals surface area contributed by atoms with Crippen molar-refractivity contribution in [3.05, 3.63) is 18.5 Å². The van der Waals surface area contributed by atoms with Gasteiger partial charge in [0.05, 0.1) is 6.04 Å². The van der Waals surface area contributed by atoms with Gasteiger partial charge < -0.3 is 5.32 Å². The lowest BCUT2D eigenvalue weighted by Gasteiger charge is -2.43. The first kappa shape index (κ1) is 10.4. The van der Waals surface area contributed by atoms with Gasteiger partial charge in [0, 0.05) is 37.3 Å². The third-order valence-electron chi connectivity index (χ3n) is 3.23. The average molecular weight is 236 g/mol. The molecule has 2 aliphatic heterocycles. The molecule has 0 aliphatic carbocycles. The van der Waals surface area contributed by atoms with Crippen LogP contribution < -0.4 is 5.32 Å². The highest BCUT2D eigenvalue weighted by Gasteiger charge is 2.33. The molecule has 2 aliphatic rings. The lowest BCUT2D eigenvalue weighted by Crippen LogP contribution is -2.58. The van der Waals surface area contributed by atoms with Gasteiger partial charge in [-0.3, -0.25) is 4.90 Å². The monoisotopic (exact) mass is 236 g/mol. The zero-order chi connectivity index (χ0) is 10.8. The number of nitrogens with one attached hydrogen (secondary N) is 1. The fourth-order valence-corrected chi connectivity index (χ4v) is 3.52. The number of rotatable bonds is 3. The molecular formula is C11H16N4S. The normalized spacial score (nSPS) is 26.6. The van der Waals surface area contributed by atoms with Crippen molar-refractivity contribution < 1.29 is 0 Å². The maximum absolute atomic E-state index is 4.18. The first-order valence-corrected chi connectivity index (χ1v) is 6.92. The lowest BCUT2D eigenvalue weighted by atomic mass is 10.1. The second-order valence-corrected chi connectivity index (χ2v) is 5.53. The highest BCUT2D eigenvalue weighted by Crippen LogP contribution is 2.26. The first-order chi connectivity index (χ1) is 7.92. The number of thioether (sulfide) groups is 1. The van der Waals surface area contributed by atoms with E-state index in [1.807, 2.05) is 6.07 Å². The zero-order valence-corrected chi connectivity index (χ0v) is 9.99.